The molecule has 3 rings (SSSR count). The Morgan fingerprint density at radius 3 is 2.43 bits per heavy atom. The molecule has 2 N–H and O–H groups in total. The van der Waals surface area contributed by atoms with Crippen LogP contribution in [0.25, 0.3) is 0 Å². The zero-order chi connectivity index (χ0) is 14.8. The second kappa shape index (κ2) is 6.17. The Bertz CT molecular complexity index is 635. The highest BCUT2D eigenvalue weighted by Crippen LogP contribution is 2.39. The molecule has 0 amide bonds. The van der Waals surface area contributed by atoms with Crippen LogP contribution in [-0.2, 0) is 0 Å². The van der Waals surface area contributed by atoms with Crippen LogP contribution in [0.1, 0.15) is 37.1 Å². The van der Waals surface area contributed by atoms with Crippen molar-refractivity contribution in [2.45, 2.75) is 32.6 Å². The van der Waals surface area contributed by atoms with Crippen LogP contribution < -0.4 is 10.6 Å². The molecule has 1 aromatic heterocycles. The monoisotopic (exact) mass is 394 g/mol. The molecular weight excluding hydrogens is 375 g/mol. The number of aromatic nitrogens is 2. The number of anilines is 3. The van der Waals surface area contributed by atoms with E-state index in [9.17, 15) is 0 Å². The predicted octanol–water partition coefficient (Wildman–Crippen LogP) is 4.44. The Morgan fingerprint density at radius 1 is 1.14 bits per heavy atom. The van der Waals surface area contributed by atoms with Crippen molar-refractivity contribution in [3.05, 3.63) is 39.2 Å². The number of benzene rings is 1. The summed E-state index contributed by atoms with van der Waals surface area (Å²) in [5.74, 6) is 3.36. The molecule has 5 heteroatoms. The summed E-state index contributed by atoms with van der Waals surface area (Å²) in [5.41, 5.74) is 2.13. The van der Waals surface area contributed by atoms with E-state index in [-0.39, 0.29) is 0 Å². The summed E-state index contributed by atoms with van der Waals surface area (Å²) in [6.45, 7) is 5.01. The van der Waals surface area contributed by atoms with Crippen molar-refractivity contribution in [2.24, 2.45) is 0 Å². The van der Waals surface area contributed by atoms with Crippen molar-refractivity contribution < 1.29 is 0 Å². The van der Waals surface area contributed by atoms with E-state index >= 15 is 0 Å². The summed E-state index contributed by atoms with van der Waals surface area (Å²) >= 11 is 2.31. The number of hydrogen-bond donors (Lipinski definition) is 2. The van der Waals surface area contributed by atoms with Gasteiger partial charge in [-0.25, -0.2) is 9.97 Å². The van der Waals surface area contributed by atoms with Crippen LogP contribution in [0, 0.1) is 10.5 Å². The van der Waals surface area contributed by atoms with Crippen LogP contribution in [-0.4, -0.2) is 16.5 Å². The van der Waals surface area contributed by atoms with E-state index in [0.29, 0.717) is 5.92 Å². The highest BCUT2D eigenvalue weighted by molar-refractivity contribution is 14.1. The van der Waals surface area contributed by atoms with Crippen LogP contribution in [0.2, 0.25) is 0 Å². The molecule has 0 aliphatic heterocycles. The summed E-state index contributed by atoms with van der Waals surface area (Å²) in [5, 5.41) is 6.77. The number of halogens is 1. The van der Waals surface area contributed by atoms with Crippen molar-refractivity contribution in [1.29, 1.82) is 0 Å². The average Bonchev–Trinajstić information content (AvgIpc) is 3.30. The molecule has 0 bridgehead atoms. The largest absolute Gasteiger partial charge is 0.370 e. The van der Waals surface area contributed by atoms with E-state index in [1.807, 2.05) is 0 Å². The van der Waals surface area contributed by atoms with E-state index < -0.39 is 0 Å². The third-order valence-electron chi connectivity index (χ3n) is 3.56. The molecule has 1 aliphatic rings. The van der Waals surface area contributed by atoms with Crippen molar-refractivity contribution >= 4 is 39.9 Å². The lowest BCUT2D eigenvalue weighted by atomic mass is 10.2. The van der Waals surface area contributed by atoms with Crippen LogP contribution in [0.3, 0.4) is 0 Å². The molecule has 0 saturated heterocycles. The molecule has 1 aromatic carbocycles. The van der Waals surface area contributed by atoms with Crippen molar-refractivity contribution in [3.8, 4) is 0 Å². The maximum absolute atomic E-state index is 4.73. The normalized spacial score (nSPS) is 14.0. The summed E-state index contributed by atoms with van der Waals surface area (Å²) in [4.78, 5) is 9.41. The summed E-state index contributed by atoms with van der Waals surface area (Å²) in [6, 6.07) is 8.33. The zero-order valence-electron chi connectivity index (χ0n) is 12.3. The minimum atomic E-state index is 0.542. The molecule has 0 radical (unpaired) electrons. The van der Waals surface area contributed by atoms with Gasteiger partial charge in [0.05, 0.1) is 0 Å². The highest BCUT2D eigenvalue weighted by Gasteiger charge is 2.28. The topological polar surface area (TPSA) is 49.8 Å². The second-order valence-electron chi connectivity index (χ2n) is 5.34. The fourth-order valence-corrected chi connectivity index (χ4v) is 2.55. The van der Waals surface area contributed by atoms with E-state index in [2.05, 4.69) is 76.3 Å². The Kier molecular flexibility index (Phi) is 4.28. The zero-order valence-corrected chi connectivity index (χ0v) is 14.4. The van der Waals surface area contributed by atoms with E-state index in [4.69, 9.17) is 4.98 Å². The first-order chi connectivity index (χ1) is 10.2. The second-order valence-corrected chi connectivity index (χ2v) is 6.59. The van der Waals surface area contributed by atoms with Gasteiger partial charge in [0.1, 0.15) is 17.5 Å². The van der Waals surface area contributed by atoms with Gasteiger partial charge >= 0.3 is 0 Å². The molecule has 1 saturated carbocycles. The molecule has 1 aliphatic carbocycles. The lowest BCUT2D eigenvalue weighted by molar-refractivity contribution is 0.918. The minimum Gasteiger partial charge on any atom is -0.370 e. The molecular formula is C16H19IN4. The Morgan fingerprint density at radius 2 is 1.81 bits per heavy atom. The maximum Gasteiger partial charge on any atom is 0.139 e. The Labute approximate surface area is 138 Å². The number of rotatable bonds is 5. The van der Waals surface area contributed by atoms with Gasteiger partial charge in [-0.3, -0.25) is 0 Å². The van der Waals surface area contributed by atoms with Crippen LogP contribution in [0.5, 0.6) is 0 Å². The Hall–Kier alpha value is -1.37. The smallest absolute Gasteiger partial charge is 0.139 e. The molecule has 4 nitrogen and oxygen atoms in total. The quantitative estimate of drug-likeness (QED) is 0.737. The first-order valence-corrected chi connectivity index (χ1v) is 8.40. The van der Waals surface area contributed by atoms with E-state index in [1.165, 1.54) is 16.4 Å². The molecule has 21 heavy (non-hydrogen) atoms. The highest BCUT2D eigenvalue weighted by atomic mass is 127. The van der Waals surface area contributed by atoms with Gasteiger partial charge in [0.15, 0.2) is 0 Å². The van der Waals surface area contributed by atoms with Gasteiger partial charge in [-0.2, -0.15) is 0 Å². The predicted molar refractivity (Wildman–Crippen MR) is 95.3 cm³/mol. The van der Waals surface area contributed by atoms with Gasteiger partial charge in [-0.05, 0) is 73.5 Å². The third-order valence-corrected chi connectivity index (χ3v) is 4.28. The molecule has 0 unspecified atom stereocenters. The van der Waals surface area contributed by atoms with Crippen molar-refractivity contribution in [1.82, 2.24) is 9.97 Å². The van der Waals surface area contributed by atoms with Gasteiger partial charge < -0.3 is 10.6 Å². The fourth-order valence-electron chi connectivity index (χ4n) is 2.19. The average molecular weight is 394 g/mol. The van der Waals surface area contributed by atoms with Crippen LogP contribution in [0.15, 0.2) is 24.3 Å². The minimum absolute atomic E-state index is 0.542. The molecule has 2 aromatic rings. The van der Waals surface area contributed by atoms with Crippen LogP contribution >= 0.6 is 22.6 Å². The van der Waals surface area contributed by atoms with E-state index in [1.54, 1.807) is 0 Å². The van der Waals surface area contributed by atoms with Crippen LogP contribution in [0.4, 0.5) is 17.3 Å². The lowest BCUT2D eigenvalue weighted by Crippen LogP contribution is -2.09. The number of hydrogen-bond acceptors (Lipinski definition) is 4. The van der Waals surface area contributed by atoms with Crippen molar-refractivity contribution in [3.63, 3.8) is 0 Å². The molecule has 1 heterocycles. The van der Waals surface area contributed by atoms with Gasteiger partial charge in [0.25, 0.3) is 0 Å². The lowest BCUT2D eigenvalue weighted by Gasteiger charge is -2.14. The standard InChI is InChI=1S/C16H19IN4/c1-3-18-14-10(2)15(21-16(20-14)11-4-5-11)19-13-8-6-12(17)7-9-13/h6-9,11H,3-5H2,1-2H3,(H2,18,19,20,21). The number of nitrogens with one attached hydrogen (secondary N) is 2. The van der Waals surface area contributed by atoms with Gasteiger partial charge in [0, 0.05) is 27.3 Å². The first kappa shape index (κ1) is 14.6. The molecule has 110 valence electrons. The number of nitrogens with zero attached hydrogens (tertiary/aromatic N) is 2. The summed E-state index contributed by atoms with van der Waals surface area (Å²) in [7, 11) is 0. The SMILES string of the molecule is CCNc1nc(C2CC2)nc(Nc2ccc(I)cc2)c1C. The van der Waals surface area contributed by atoms with Gasteiger partial charge in [-0.1, -0.05) is 0 Å². The van der Waals surface area contributed by atoms with Gasteiger partial charge in [-0.15, -0.1) is 0 Å². The molecule has 1 fully saturated rings. The molecule has 0 spiro atoms. The summed E-state index contributed by atoms with van der Waals surface area (Å²) < 4.78 is 1.23. The summed E-state index contributed by atoms with van der Waals surface area (Å²) in [6.07, 6.45) is 2.41. The maximum atomic E-state index is 4.73. The molecule has 0 atom stereocenters. The first-order valence-electron chi connectivity index (χ1n) is 7.32. The third kappa shape index (κ3) is 3.45. The van der Waals surface area contributed by atoms with Gasteiger partial charge in [0.2, 0.25) is 0 Å². The Balaban J connectivity index is 1.93. The van der Waals surface area contributed by atoms with Crippen molar-refractivity contribution in [2.75, 3.05) is 17.2 Å². The van der Waals surface area contributed by atoms with E-state index in [0.717, 1.165) is 35.3 Å². The fraction of sp³-hybridized carbons (Fsp3) is 0.375.